The molecule has 0 saturated carbocycles. The maximum absolute atomic E-state index is 12.9. The Balaban J connectivity index is 2.34. The third kappa shape index (κ3) is 3.95. The summed E-state index contributed by atoms with van der Waals surface area (Å²) in [7, 11) is 1.85. The number of benzene rings is 1. The van der Waals surface area contributed by atoms with Crippen LogP contribution in [-0.2, 0) is 18.4 Å². The molecule has 6 heteroatoms. The predicted octanol–water partition coefficient (Wildman–Crippen LogP) is 2.61. The lowest BCUT2D eigenvalue weighted by atomic mass is 10.1. The van der Waals surface area contributed by atoms with Crippen LogP contribution in [0, 0.1) is 0 Å². The quantitative estimate of drug-likeness (QED) is 0.791. The molecule has 1 unspecified atom stereocenters. The third-order valence-electron chi connectivity index (χ3n) is 3.83. The van der Waals surface area contributed by atoms with Crippen molar-refractivity contribution in [3.05, 3.63) is 47.8 Å². The summed E-state index contributed by atoms with van der Waals surface area (Å²) in [6.07, 6.45) is 1.65. The number of imidazole rings is 1. The van der Waals surface area contributed by atoms with Crippen LogP contribution in [0.15, 0.2) is 41.7 Å². The molecular formula is C17H23N3O2S. The smallest absolute Gasteiger partial charge is 0.240 e. The highest BCUT2D eigenvalue weighted by atomic mass is 32.2. The van der Waals surface area contributed by atoms with Gasteiger partial charge in [0.2, 0.25) is 5.91 Å². The molecule has 1 atom stereocenters. The van der Waals surface area contributed by atoms with Crippen LogP contribution in [0.1, 0.15) is 30.4 Å². The molecule has 23 heavy (non-hydrogen) atoms. The number of rotatable bonds is 7. The van der Waals surface area contributed by atoms with Gasteiger partial charge in [-0.05, 0) is 19.4 Å². The van der Waals surface area contributed by atoms with E-state index in [1.54, 1.807) is 6.20 Å². The Morgan fingerprint density at radius 1 is 1.30 bits per heavy atom. The molecule has 2 aromatic rings. The normalized spacial score (nSPS) is 12.2. The highest BCUT2D eigenvalue weighted by molar-refractivity contribution is 8.00. The van der Waals surface area contributed by atoms with Gasteiger partial charge in [0.15, 0.2) is 5.16 Å². The molecule has 5 nitrogen and oxygen atoms in total. The van der Waals surface area contributed by atoms with Gasteiger partial charge in [-0.1, -0.05) is 42.1 Å². The van der Waals surface area contributed by atoms with Crippen LogP contribution in [0.4, 0.5) is 0 Å². The Hall–Kier alpha value is -1.79. The third-order valence-corrected chi connectivity index (χ3v) is 5.13. The fourth-order valence-corrected chi connectivity index (χ4v) is 3.52. The zero-order chi connectivity index (χ0) is 16.8. The van der Waals surface area contributed by atoms with E-state index in [4.69, 9.17) is 0 Å². The van der Waals surface area contributed by atoms with Crippen LogP contribution in [0.3, 0.4) is 0 Å². The summed E-state index contributed by atoms with van der Waals surface area (Å²) in [6.45, 7) is 5.27. The Kier molecular flexibility index (Phi) is 6.24. The van der Waals surface area contributed by atoms with Crippen LogP contribution >= 0.6 is 11.8 Å². The molecule has 0 aliphatic heterocycles. The minimum Gasteiger partial charge on any atom is -0.390 e. The van der Waals surface area contributed by atoms with Crippen LogP contribution in [-0.4, -0.2) is 38.6 Å². The highest BCUT2D eigenvalue weighted by Crippen LogP contribution is 2.36. The van der Waals surface area contributed by atoms with Crippen molar-refractivity contribution < 1.29 is 9.90 Å². The van der Waals surface area contributed by atoms with Gasteiger partial charge in [-0.3, -0.25) is 4.79 Å². The molecule has 0 bridgehead atoms. The topological polar surface area (TPSA) is 58.4 Å². The number of aromatic nitrogens is 2. The fraction of sp³-hybridized carbons (Fsp3) is 0.412. The zero-order valence-corrected chi connectivity index (χ0v) is 14.6. The van der Waals surface area contributed by atoms with Gasteiger partial charge in [0.05, 0.1) is 18.5 Å². The number of nitrogens with zero attached hydrogens (tertiary/aromatic N) is 3. The molecule has 1 amide bonds. The molecule has 1 heterocycles. The van der Waals surface area contributed by atoms with Crippen LogP contribution in [0.25, 0.3) is 0 Å². The van der Waals surface area contributed by atoms with Crippen molar-refractivity contribution in [2.45, 2.75) is 30.9 Å². The van der Waals surface area contributed by atoms with Crippen LogP contribution in [0.2, 0.25) is 0 Å². The van der Waals surface area contributed by atoms with Crippen LogP contribution < -0.4 is 0 Å². The zero-order valence-electron chi connectivity index (χ0n) is 13.8. The van der Waals surface area contributed by atoms with Gasteiger partial charge >= 0.3 is 0 Å². The summed E-state index contributed by atoms with van der Waals surface area (Å²) in [5.74, 6) is 0.0831. The van der Waals surface area contributed by atoms with E-state index >= 15 is 0 Å². The van der Waals surface area contributed by atoms with Crippen LogP contribution in [0.5, 0.6) is 0 Å². The Bertz CT molecular complexity index is 639. The molecule has 0 aliphatic rings. The van der Waals surface area contributed by atoms with E-state index in [1.165, 1.54) is 11.8 Å². The molecule has 0 spiro atoms. The molecule has 1 aromatic heterocycles. The minimum absolute atomic E-state index is 0.0654. The van der Waals surface area contributed by atoms with E-state index in [0.717, 1.165) is 16.4 Å². The van der Waals surface area contributed by atoms with Crippen molar-refractivity contribution >= 4 is 17.7 Å². The lowest BCUT2D eigenvalue weighted by Crippen LogP contribution is -2.34. The summed E-state index contributed by atoms with van der Waals surface area (Å²) < 4.78 is 1.83. The average Bonchev–Trinajstić information content (AvgIpc) is 2.94. The van der Waals surface area contributed by atoms with Gasteiger partial charge in [0.1, 0.15) is 5.25 Å². The minimum atomic E-state index is -0.344. The first kappa shape index (κ1) is 17.6. The molecule has 0 fully saturated rings. The molecule has 1 aromatic carbocycles. The Labute approximate surface area is 141 Å². The van der Waals surface area contributed by atoms with Gasteiger partial charge < -0.3 is 14.6 Å². The molecule has 0 aliphatic carbocycles. The number of carbonyl (C=O) groups is 1. The summed E-state index contributed by atoms with van der Waals surface area (Å²) in [4.78, 5) is 19.1. The second-order valence-electron chi connectivity index (χ2n) is 5.17. The second kappa shape index (κ2) is 8.17. The molecule has 0 saturated heterocycles. The fourth-order valence-electron chi connectivity index (χ4n) is 2.38. The van der Waals surface area contributed by atoms with E-state index in [-0.39, 0.29) is 17.8 Å². The molecule has 1 N–H and O–H groups in total. The monoisotopic (exact) mass is 333 g/mol. The van der Waals surface area contributed by atoms with Crippen molar-refractivity contribution in [1.29, 1.82) is 0 Å². The van der Waals surface area contributed by atoms with Gasteiger partial charge in [-0.25, -0.2) is 4.98 Å². The van der Waals surface area contributed by atoms with Gasteiger partial charge in [0, 0.05) is 20.1 Å². The first-order valence-corrected chi connectivity index (χ1v) is 8.62. The Morgan fingerprint density at radius 3 is 2.48 bits per heavy atom. The van der Waals surface area contributed by atoms with Crippen molar-refractivity contribution in [3.8, 4) is 0 Å². The van der Waals surface area contributed by atoms with E-state index in [0.29, 0.717) is 13.1 Å². The van der Waals surface area contributed by atoms with E-state index in [9.17, 15) is 9.90 Å². The highest BCUT2D eigenvalue weighted by Gasteiger charge is 2.27. The summed E-state index contributed by atoms with van der Waals surface area (Å²) in [6, 6.07) is 9.76. The predicted molar refractivity (Wildman–Crippen MR) is 92.1 cm³/mol. The number of amides is 1. The second-order valence-corrected chi connectivity index (χ2v) is 6.24. The number of thioether (sulfide) groups is 1. The maximum Gasteiger partial charge on any atom is 0.240 e. The van der Waals surface area contributed by atoms with Crippen molar-refractivity contribution in [1.82, 2.24) is 14.5 Å². The van der Waals surface area contributed by atoms with Gasteiger partial charge in [0.25, 0.3) is 0 Å². The average molecular weight is 333 g/mol. The van der Waals surface area contributed by atoms with E-state index in [2.05, 4.69) is 4.98 Å². The number of aliphatic hydroxyl groups excluding tert-OH is 1. The number of hydrogen-bond acceptors (Lipinski definition) is 4. The number of carbonyl (C=O) groups excluding carboxylic acids is 1. The Morgan fingerprint density at radius 2 is 1.96 bits per heavy atom. The summed E-state index contributed by atoms with van der Waals surface area (Å²) >= 11 is 1.42. The lowest BCUT2D eigenvalue weighted by molar-refractivity contribution is -0.130. The maximum atomic E-state index is 12.9. The number of hydrogen-bond donors (Lipinski definition) is 1. The largest absolute Gasteiger partial charge is 0.390 e. The van der Waals surface area contributed by atoms with Crippen molar-refractivity contribution in [2.24, 2.45) is 7.05 Å². The molecule has 2 rings (SSSR count). The summed E-state index contributed by atoms with van der Waals surface area (Å²) in [5.41, 5.74) is 1.69. The first-order chi connectivity index (χ1) is 11.1. The van der Waals surface area contributed by atoms with E-state index in [1.807, 2.05) is 60.7 Å². The molecule has 124 valence electrons. The molecular weight excluding hydrogens is 310 g/mol. The number of aliphatic hydroxyl groups is 1. The standard InChI is InChI=1S/C17H23N3O2S/c1-4-20(5-2)16(22)15(13-9-7-6-8-10-13)23-17-18-11-14(12-21)19(17)3/h6-11,15,21H,4-5,12H2,1-3H3. The first-order valence-electron chi connectivity index (χ1n) is 7.74. The van der Waals surface area contributed by atoms with Gasteiger partial charge in [-0.2, -0.15) is 0 Å². The lowest BCUT2D eigenvalue weighted by Gasteiger charge is -2.25. The molecule has 0 radical (unpaired) electrons. The van der Waals surface area contributed by atoms with E-state index < -0.39 is 0 Å². The van der Waals surface area contributed by atoms with Crippen molar-refractivity contribution in [3.63, 3.8) is 0 Å². The number of likely N-dealkylation sites (N-methyl/N-ethyl adjacent to an activating group) is 1. The SMILES string of the molecule is CCN(CC)C(=O)C(Sc1ncc(CO)n1C)c1ccccc1. The summed E-state index contributed by atoms with van der Waals surface area (Å²) in [5, 5.41) is 9.69. The van der Waals surface area contributed by atoms with Gasteiger partial charge in [-0.15, -0.1) is 0 Å². The van der Waals surface area contributed by atoms with Crippen molar-refractivity contribution in [2.75, 3.05) is 13.1 Å².